The van der Waals surface area contributed by atoms with E-state index in [4.69, 9.17) is 5.11 Å². The van der Waals surface area contributed by atoms with E-state index in [1.807, 2.05) is 20.8 Å². The SMILES string of the molecule is CCCC(CC(=O)O)NC(=O)Cc1c(C)n[nH]c1C. The number of H-pyrrole nitrogens is 1. The fourth-order valence-electron chi connectivity index (χ4n) is 2.06. The number of carboxylic acid groups (broad SMARTS) is 1. The molecule has 1 aromatic rings. The monoisotopic (exact) mass is 267 g/mol. The maximum absolute atomic E-state index is 11.9. The normalized spacial score (nSPS) is 12.2. The molecule has 6 heteroatoms. The zero-order valence-electron chi connectivity index (χ0n) is 11.6. The summed E-state index contributed by atoms with van der Waals surface area (Å²) >= 11 is 0. The number of nitrogens with one attached hydrogen (secondary N) is 2. The molecular weight excluding hydrogens is 246 g/mol. The summed E-state index contributed by atoms with van der Waals surface area (Å²) in [6, 6.07) is -0.303. The van der Waals surface area contributed by atoms with Gasteiger partial charge in [0.05, 0.1) is 18.5 Å². The highest BCUT2D eigenvalue weighted by Gasteiger charge is 2.17. The fourth-order valence-corrected chi connectivity index (χ4v) is 2.06. The molecule has 1 aromatic heterocycles. The minimum atomic E-state index is -0.894. The van der Waals surface area contributed by atoms with E-state index in [2.05, 4.69) is 15.5 Å². The number of carbonyl (C=O) groups excluding carboxylic acids is 1. The number of aromatic amines is 1. The number of amides is 1. The van der Waals surface area contributed by atoms with E-state index in [-0.39, 0.29) is 24.8 Å². The second-order valence-corrected chi connectivity index (χ2v) is 4.74. The topological polar surface area (TPSA) is 95.1 Å². The van der Waals surface area contributed by atoms with E-state index in [0.29, 0.717) is 6.42 Å². The molecule has 0 aromatic carbocycles. The number of rotatable bonds is 7. The molecule has 0 saturated carbocycles. The number of aliphatic carboxylic acids is 1. The highest BCUT2D eigenvalue weighted by atomic mass is 16.4. The smallest absolute Gasteiger partial charge is 0.305 e. The molecule has 106 valence electrons. The Hall–Kier alpha value is -1.85. The molecule has 1 unspecified atom stereocenters. The van der Waals surface area contributed by atoms with Crippen molar-refractivity contribution in [1.29, 1.82) is 0 Å². The molecule has 3 N–H and O–H groups in total. The first-order valence-corrected chi connectivity index (χ1v) is 6.45. The van der Waals surface area contributed by atoms with Crippen LogP contribution in [-0.4, -0.2) is 33.2 Å². The number of aryl methyl sites for hydroxylation is 2. The summed E-state index contributed by atoms with van der Waals surface area (Å²) in [5, 5.41) is 18.4. The van der Waals surface area contributed by atoms with Crippen molar-refractivity contribution in [1.82, 2.24) is 15.5 Å². The largest absolute Gasteiger partial charge is 0.481 e. The third-order valence-electron chi connectivity index (χ3n) is 3.04. The standard InChI is InChI=1S/C13H21N3O3/c1-4-5-10(6-13(18)19)14-12(17)7-11-8(2)15-16-9(11)3/h10H,4-7H2,1-3H3,(H,14,17)(H,15,16)(H,18,19). The van der Waals surface area contributed by atoms with Crippen LogP contribution in [0.3, 0.4) is 0 Å². The lowest BCUT2D eigenvalue weighted by molar-refractivity contribution is -0.137. The number of carboxylic acids is 1. The van der Waals surface area contributed by atoms with Crippen molar-refractivity contribution >= 4 is 11.9 Å². The third kappa shape index (κ3) is 4.73. The molecule has 0 spiro atoms. The molecule has 1 atom stereocenters. The van der Waals surface area contributed by atoms with Gasteiger partial charge in [0.2, 0.25) is 5.91 Å². The van der Waals surface area contributed by atoms with E-state index in [9.17, 15) is 9.59 Å². The Morgan fingerprint density at radius 1 is 1.42 bits per heavy atom. The van der Waals surface area contributed by atoms with E-state index in [0.717, 1.165) is 23.4 Å². The van der Waals surface area contributed by atoms with Gasteiger partial charge in [0.1, 0.15) is 0 Å². The van der Waals surface area contributed by atoms with Gasteiger partial charge < -0.3 is 10.4 Å². The van der Waals surface area contributed by atoms with Crippen molar-refractivity contribution in [2.75, 3.05) is 0 Å². The second-order valence-electron chi connectivity index (χ2n) is 4.74. The summed E-state index contributed by atoms with van der Waals surface area (Å²) in [4.78, 5) is 22.7. The Morgan fingerprint density at radius 3 is 2.58 bits per heavy atom. The lowest BCUT2D eigenvalue weighted by Crippen LogP contribution is -2.37. The number of hydrogen-bond donors (Lipinski definition) is 3. The third-order valence-corrected chi connectivity index (χ3v) is 3.04. The van der Waals surface area contributed by atoms with Crippen molar-refractivity contribution in [3.05, 3.63) is 17.0 Å². The molecule has 0 aliphatic carbocycles. The van der Waals surface area contributed by atoms with Crippen LogP contribution in [0.5, 0.6) is 0 Å². The first-order valence-electron chi connectivity index (χ1n) is 6.45. The van der Waals surface area contributed by atoms with Gasteiger partial charge in [-0.25, -0.2) is 0 Å². The predicted octanol–water partition coefficient (Wildman–Crippen LogP) is 1.33. The molecule has 0 fully saturated rings. The van der Waals surface area contributed by atoms with E-state index in [1.165, 1.54) is 0 Å². The molecular formula is C13H21N3O3. The quantitative estimate of drug-likeness (QED) is 0.694. The van der Waals surface area contributed by atoms with Crippen LogP contribution in [0, 0.1) is 13.8 Å². The van der Waals surface area contributed by atoms with Crippen molar-refractivity contribution in [2.24, 2.45) is 0 Å². The number of hydrogen-bond acceptors (Lipinski definition) is 3. The summed E-state index contributed by atoms with van der Waals surface area (Å²) in [5.41, 5.74) is 2.55. The van der Waals surface area contributed by atoms with Gasteiger partial charge in [0.15, 0.2) is 0 Å². The summed E-state index contributed by atoms with van der Waals surface area (Å²) in [6.07, 6.45) is 1.69. The van der Waals surface area contributed by atoms with Crippen LogP contribution in [0.1, 0.15) is 43.1 Å². The Morgan fingerprint density at radius 2 is 2.11 bits per heavy atom. The molecule has 0 aliphatic rings. The molecule has 1 amide bonds. The minimum Gasteiger partial charge on any atom is -0.481 e. The van der Waals surface area contributed by atoms with Gasteiger partial charge in [0, 0.05) is 17.3 Å². The molecule has 6 nitrogen and oxygen atoms in total. The Bertz CT molecular complexity index is 434. The van der Waals surface area contributed by atoms with Crippen LogP contribution < -0.4 is 5.32 Å². The van der Waals surface area contributed by atoms with Crippen molar-refractivity contribution in [3.63, 3.8) is 0 Å². The van der Waals surface area contributed by atoms with Crippen LogP contribution in [0.15, 0.2) is 0 Å². The lowest BCUT2D eigenvalue weighted by Gasteiger charge is -2.16. The molecule has 19 heavy (non-hydrogen) atoms. The van der Waals surface area contributed by atoms with Crippen LogP contribution >= 0.6 is 0 Å². The van der Waals surface area contributed by atoms with Gasteiger partial charge in [-0.05, 0) is 20.3 Å². The fraction of sp³-hybridized carbons (Fsp3) is 0.615. The molecule has 0 saturated heterocycles. The average Bonchev–Trinajstić information content (AvgIpc) is 2.60. The van der Waals surface area contributed by atoms with Crippen LogP contribution in [0.25, 0.3) is 0 Å². The molecule has 0 bridgehead atoms. The molecule has 0 aliphatic heterocycles. The predicted molar refractivity (Wildman–Crippen MR) is 70.9 cm³/mol. The average molecular weight is 267 g/mol. The highest BCUT2D eigenvalue weighted by molar-refractivity contribution is 5.80. The van der Waals surface area contributed by atoms with Crippen LogP contribution in [0.2, 0.25) is 0 Å². The summed E-state index contributed by atoms with van der Waals surface area (Å²) in [7, 11) is 0. The van der Waals surface area contributed by atoms with Crippen molar-refractivity contribution < 1.29 is 14.7 Å². The molecule has 1 heterocycles. The Labute approximate surface area is 112 Å². The zero-order valence-corrected chi connectivity index (χ0v) is 11.6. The van der Waals surface area contributed by atoms with Gasteiger partial charge in [0.25, 0.3) is 0 Å². The van der Waals surface area contributed by atoms with Gasteiger partial charge in [-0.1, -0.05) is 13.3 Å². The maximum Gasteiger partial charge on any atom is 0.305 e. The Kier molecular flexibility index (Phi) is 5.54. The summed E-state index contributed by atoms with van der Waals surface area (Å²) in [5.74, 6) is -1.05. The molecule has 1 rings (SSSR count). The van der Waals surface area contributed by atoms with Gasteiger partial charge in [-0.15, -0.1) is 0 Å². The minimum absolute atomic E-state index is 0.0388. The number of nitrogens with zero attached hydrogens (tertiary/aromatic N) is 1. The van der Waals surface area contributed by atoms with E-state index >= 15 is 0 Å². The van der Waals surface area contributed by atoms with Crippen molar-refractivity contribution in [3.8, 4) is 0 Å². The van der Waals surface area contributed by atoms with Gasteiger partial charge >= 0.3 is 5.97 Å². The second kappa shape index (κ2) is 6.92. The summed E-state index contributed by atoms with van der Waals surface area (Å²) in [6.45, 7) is 5.67. The first kappa shape index (κ1) is 15.2. The number of aromatic nitrogens is 2. The van der Waals surface area contributed by atoms with Gasteiger partial charge in [-0.2, -0.15) is 5.10 Å². The van der Waals surface area contributed by atoms with Crippen molar-refractivity contribution in [2.45, 2.75) is 52.5 Å². The lowest BCUT2D eigenvalue weighted by atomic mass is 10.1. The van der Waals surface area contributed by atoms with Gasteiger partial charge in [-0.3, -0.25) is 14.7 Å². The zero-order chi connectivity index (χ0) is 14.4. The highest BCUT2D eigenvalue weighted by Crippen LogP contribution is 2.10. The molecule has 0 radical (unpaired) electrons. The Balaban J connectivity index is 2.60. The van der Waals surface area contributed by atoms with E-state index in [1.54, 1.807) is 0 Å². The summed E-state index contributed by atoms with van der Waals surface area (Å²) < 4.78 is 0. The number of carbonyl (C=O) groups is 2. The first-order chi connectivity index (χ1) is 8.93. The van der Waals surface area contributed by atoms with Crippen LogP contribution in [-0.2, 0) is 16.0 Å². The van der Waals surface area contributed by atoms with Crippen LogP contribution in [0.4, 0.5) is 0 Å². The maximum atomic E-state index is 11.9. The van der Waals surface area contributed by atoms with E-state index < -0.39 is 5.97 Å².